The molecule has 2 aliphatic carbocycles. The molecule has 12 rings (SSSR count). The number of fused-ring (bicyclic) bond motifs is 3. The fraction of sp³-hybridized carbons (Fsp3) is 0.0606. The van der Waals surface area contributed by atoms with Crippen LogP contribution in [0.5, 0.6) is 0 Å². The van der Waals surface area contributed by atoms with Gasteiger partial charge in [0.15, 0.2) is 0 Å². The Hall–Kier alpha value is -8.26. The number of para-hydroxylation sites is 3. The van der Waals surface area contributed by atoms with Crippen LogP contribution >= 0.6 is 0 Å². The predicted molar refractivity (Wildman–Crippen MR) is 283 cm³/mol. The molecule has 1 nitrogen and oxygen atoms in total. The third kappa shape index (κ3) is 6.94. The van der Waals surface area contributed by atoms with Crippen molar-refractivity contribution in [3.63, 3.8) is 0 Å². The van der Waals surface area contributed by atoms with E-state index in [1.165, 1.54) is 94.4 Å². The first kappa shape index (κ1) is 40.3. The highest BCUT2D eigenvalue weighted by molar-refractivity contribution is 6.09. The molecule has 0 spiro atoms. The first-order valence-corrected chi connectivity index (χ1v) is 23.5. The quantitative estimate of drug-likeness (QED) is 0.140. The second-order valence-electron chi connectivity index (χ2n) is 18.0. The Morgan fingerprint density at radius 2 is 0.881 bits per heavy atom. The lowest BCUT2D eigenvalue weighted by atomic mass is 9.69. The Balaban J connectivity index is 1.06. The number of hydrogen-bond acceptors (Lipinski definition) is 1. The molecule has 0 heterocycles. The van der Waals surface area contributed by atoms with Gasteiger partial charge in [0, 0.05) is 28.1 Å². The Kier molecular flexibility index (Phi) is 10.2. The van der Waals surface area contributed by atoms with Crippen molar-refractivity contribution in [2.24, 2.45) is 0 Å². The maximum atomic E-state index is 2.56. The molecule has 0 fully saturated rings. The average molecular weight is 856 g/mol. The largest absolute Gasteiger partial charge is 0.309 e. The van der Waals surface area contributed by atoms with Gasteiger partial charge in [-0.25, -0.2) is 0 Å². The second-order valence-corrected chi connectivity index (χ2v) is 18.0. The van der Waals surface area contributed by atoms with Crippen LogP contribution in [0.15, 0.2) is 266 Å². The molecule has 0 radical (unpaired) electrons. The van der Waals surface area contributed by atoms with E-state index < -0.39 is 0 Å². The molecule has 0 amide bonds. The fourth-order valence-electron chi connectivity index (χ4n) is 11.2. The highest BCUT2D eigenvalue weighted by atomic mass is 15.2. The lowest BCUT2D eigenvalue weighted by Crippen LogP contribution is -2.26. The summed E-state index contributed by atoms with van der Waals surface area (Å²) in [7, 11) is 0. The Bertz CT molecular complexity index is 3490. The Morgan fingerprint density at radius 1 is 0.388 bits per heavy atom. The van der Waals surface area contributed by atoms with E-state index in [0.717, 1.165) is 17.8 Å². The minimum absolute atomic E-state index is 0.126. The lowest BCUT2D eigenvalue weighted by molar-refractivity contribution is 0.630. The summed E-state index contributed by atoms with van der Waals surface area (Å²) in [6.07, 6.45) is 5.81. The van der Waals surface area contributed by atoms with Gasteiger partial charge < -0.3 is 4.90 Å². The van der Waals surface area contributed by atoms with Crippen molar-refractivity contribution in [2.75, 3.05) is 4.90 Å². The van der Waals surface area contributed by atoms with E-state index in [0.29, 0.717) is 0 Å². The topological polar surface area (TPSA) is 3.24 Å². The molecule has 2 atom stereocenters. The van der Waals surface area contributed by atoms with Crippen LogP contribution in [-0.4, -0.2) is 0 Å². The van der Waals surface area contributed by atoms with Gasteiger partial charge in [-0.05, 0) is 109 Å². The molecule has 0 saturated carbocycles. The minimum atomic E-state index is -0.249. The first-order valence-electron chi connectivity index (χ1n) is 23.5. The Labute approximate surface area is 394 Å². The van der Waals surface area contributed by atoms with Gasteiger partial charge in [0.05, 0.1) is 11.4 Å². The summed E-state index contributed by atoms with van der Waals surface area (Å²) in [5.41, 5.74) is 20.9. The van der Waals surface area contributed by atoms with Crippen molar-refractivity contribution in [3.05, 3.63) is 289 Å². The number of nitrogens with zero attached hydrogens (tertiary/aromatic N) is 1. The van der Waals surface area contributed by atoms with E-state index in [4.69, 9.17) is 0 Å². The molecule has 0 saturated heterocycles. The van der Waals surface area contributed by atoms with Gasteiger partial charge in [0.1, 0.15) is 0 Å². The summed E-state index contributed by atoms with van der Waals surface area (Å²) in [6.45, 7) is 2.45. The minimum Gasteiger partial charge on any atom is -0.309 e. The predicted octanol–water partition coefficient (Wildman–Crippen LogP) is 17.8. The summed E-state index contributed by atoms with van der Waals surface area (Å²) < 4.78 is 0. The molecule has 0 N–H and O–H groups in total. The van der Waals surface area contributed by atoms with Crippen molar-refractivity contribution < 1.29 is 0 Å². The van der Waals surface area contributed by atoms with Gasteiger partial charge in [-0.2, -0.15) is 0 Å². The standard InChI is InChI=1S/C66H49N/c1-66(52-27-9-4-10-28-52)60-35-15-11-31-56(60)57-44-43-51(45-61(57)66)54-30-13-17-37-63(54)67(62-36-16-12-29-53(62)49-41-39-47(40-42-49)46-21-5-2-6-22-46)64-38-18-14-32-58(64)59-34-20-26-50-25-19-33-55(65(50)59)48-23-7-3-8-24-48/h2-44,51H,45H2,1H3. The molecule has 0 bridgehead atoms. The molecular formula is C66H49N. The SMILES string of the molecule is CC1(c2ccccc2)C2=C(C=CC(c3ccccc3N(c3ccccc3-c3ccc(-c4ccccc4)cc3)c3ccccc3-c3cccc4cccc(-c5ccccc5)c34)C2)c2ccccc21. The van der Waals surface area contributed by atoms with E-state index in [1.807, 2.05) is 0 Å². The molecule has 10 aromatic carbocycles. The zero-order valence-corrected chi connectivity index (χ0v) is 37.6. The summed E-state index contributed by atoms with van der Waals surface area (Å²) in [6, 6.07) is 91.4. The van der Waals surface area contributed by atoms with E-state index in [9.17, 15) is 0 Å². The normalized spacial score (nSPS) is 16.2. The van der Waals surface area contributed by atoms with Gasteiger partial charge in [-0.3, -0.25) is 0 Å². The van der Waals surface area contributed by atoms with Crippen LogP contribution in [-0.2, 0) is 5.41 Å². The van der Waals surface area contributed by atoms with Gasteiger partial charge in [0.2, 0.25) is 0 Å². The van der Waals surface area contributed by atoms with Crippen LogP contribution in [0.3, 0.4) is 0 Å². The van der Waals surface area contributed by atoms with E-state index in [2.05, 4.69) is 273 Å². The van der Waals surface area contributed by atoms with Gasteiger partial charge in [-0.15, -0.1) is 0 Å². The van der Waals surface area contributed by atoms with Gasteiger partial charge in [0.25, 0.3) is 0 Å². The smallest absolute Gasteiger partial charge is 0.0540 e. The zero-order valence-electron chi connectivity index (χ0n) is 37.6. The molecule has 67 heavy (non-hydrogen) atoms. The third-order valence-electron chi connectivity index (χ3n) is 14.4. The van der Waals surface area contributed by atoms with Crippen molar-refractivity contribution in [2.45, 2.75) is 24.7 Å². The maximum absolute atomic E-state index is 2.56. The van der Waals surface area contributed by atoms with Crippen molar-refractivity contribution in [1.82, 2.24) is 0 Å². The lowest BCUT2D eigenvalue weighted by Gasteiger charge is -2.36. The molecular weight excluding hydrogens is 807 g/mol. The number of hydrogen-bond donors (Lipinski definition) is 0. The summed E-state index contributed by atoms with van der Waals surface area (Å²) in [4.78, 5) is 2.56. The highest BCUT2D eigenvalue weighted by Gasteiger charge is 2.44. The average Bonchev–Trinajstić information content (AvgIpc) is 3.67. The van der Waals surface area contributed by atoms with Crippen LogP contribution in [0.1, 0.15) is 41.5 Å². The van der Waals surface area contributed by atoms with Crippen molar-refractivity contribution in [1.29, 1.82) is 0 Å². The zero-order chi connectivity index (χ0) is 44.7. The molecule has 0 aromatic heterocycles. The van der Waals surface area contributed by atoms with Crippen LogP contribution < -0.4 is 4.90 Å². The van der Waals surface area contributed by atoms with E-state index >= 15 is 0 Å². The third-order valence-corrected chi connectivity index (χ3v) is 14.4. The molecule has 2 aliphatic rings. The molecule has 1 heteroatoms. The number of benzene rings is 10. The highest BCUT2D eigenvalue weighted by Crippen LogP contribution is 2.57. The van der Waals surface area contributed by atoms with Crippen LogP contribution in [0.25, 0.3) is 60.9 Å². The molecule has 2 unspecified atom stereocenters. The molecule has 318 valence electrons. The summed E-state index contributed by atoms with van der Waals surface area (Å²) >= 11 is 0. The summed E-state index contributed by atoms with van der Waals surface area (Å²) in [5, 5.41) is 2.47. The van der Waals surface area contributed by atoms with Crippen molar-refractivity contribution >= 4 is 33.4 Å². The molecule has 0 aliphatic heterocycles. The van der Waals surface area contributed by atoms with Crippen LogP contribution in [0, 0.1) is 0 Å². The van der Waals surface area contributed by atoms with Gasteiger partial charge in [-0.1, -0.05) is 243 Å². The summed E-state index contributed by atoms with van der Waals surface area (Å²) in [5.74, 6) is 0.126. The first-order chi connectivity index (χ1) is 33.1. The monoisotopic (exact) mass is 855 g/mol. The van der Waals surface area contributed by atoms with Gasteiger partial charge >= 0.3 is 0 Å². The van der Waals surface area contributed by atoms with Crippen LogP contribution in [0.4, 0.5) is 17.1 Å². The van der Waals surface area contributed by atoms with Crippen LogP contribution in [0.2, 0.25) is 0 Å². The van der Waals surface area contributed by atoms with Crippen molar-refractivity contribution in [3.8, 4) is 44.5 Å². The second kappa shape index (κ2) is 16.9. The molecule has 10 aromatic rings. The van der Waals surface area contributed by atoms with E-state index in [-0.39, 0.29) is 11.3 Å². The number of anilines is 3. The van der Waals surface area contributed by atoms with E-state index in [1.54, 1.807) is 0 Å². The maximum Gasteiger partial charge on any atom is 0.0540 e. The Morgan fingerprint density at radius 3 is 1.60 bits per heavy atom. The number of allylic oxidation sites excluding steroid dienone is 4. The number of rotatable bonds is 9. The fourth-order valence-corrected chi connectivity index (χ4v) is 11.2.